The van der Waals surface area contributed by atoms with Gasteiger partial charge in [0.25, 0.3) is 0 Å². The molecule has 0 unspecified atom stereocenters. The molecule has 0 spiro atoms. The second-order valence-electron chi connectivity index (χ2n) is 7.54. The van der Waals surface area contributed by atoms with E-state index in [2.05, 4.69) is 21.1 Å². The first-order valence-corrected chi connectivity index (χ1v) is 11.1. The lowest BCUT2D eigenvalue weighted by atomic mass is 9.98. The zero-order valence-electron chi connectivity index (χ0n) is 17.3. The topological polar surface area (TPSA) is 38.4 Å². The summed E-state index contributed by atoms with van der Waals surface area (Å²) in [4.78, 5) is 4.82. The molecule has 0 amide bonds. The van der Waals surface area contributed by atoms with Crippen LogP contribution in [0, 0.1) is 11.6 Å². The summed E-state index contributed by atoms with van der Waals surface area (Å²) in [5, 5.41) is 5.19. The predicted octanol–water partition coefficient (Wildman–Crippen LogP) is 7.74. The van der Waals surface area contributed by atoms with Crippen molar-refractivity contribution >= 4 is 33.1 Å². The molecule has 1 heterocycles. The van der Waals surface area contributed by atoms with Crippen molar-refractivity contribution in [1.29, 1.82) is 0 Å². The fraction of sp³-hybridized carbons (Fsp3) is 0.0370. The summed E-state index contributed by atoms with van der Waals surface area (Å²) in [5.74, 6) is -0.647. The zero-order valence-corrected chi connectivity index (χ0v) is 18.8. The summed E-state index contributed by atoms with van der Waals surface area (Å²) >= 11 is 3.45. The molecule has 5 aromatic rings. The molecule has 0 aliphatic carbocycles. The minimum Gasteiger partial charge on any atom is -0.356 e. The maximum atomic E-state index is 13.5. The first-order chi connectivity index (χ1) is 16.1. The Hall–Kier alpha value is -3.64. The van der Waals surface area contributed by atoms with Crippen LogP contribution in [0.15, 0.2) is 105 Å². The number of aromatic nitrogens is 1. The summed E-state index contributed by atoms with van der Waals surface area (Å²) in [6.45, 7) is 0. The molecule has 162 valence electrons. The zero-order chi connectivity index (χ0) is 22.8. The van der Waals surface area contributed by atoms with Gasteiger partial charge in [0.05, 0.1) is 6.04 Å². The van der Waals surface area contributed by atoms with Gasteiger partial charge in [-0.3, -0.25) is 4.99 Å². The Morgan fingerprint density at radius 3 is 2.12 bits per heavy atom. The highest BCUT2D eigenvalue weighted by atomic mass is 79.9. The maximum absolute atomic E-state index is 13.5. The number of nitrogens with zero attached hydrogens (tertiary/aromatic N) is 2. The maximum Gasteiger partial charge on any atom is 0.168 e. The van der Waals surface area contributed by atoms with E-state index in [1.165, 1.54) is 24.3 Å². The van der Waals surface area contributed by atoms with Crippen molar-refractivity contribution in [1.82, 2.24) is 5.16 Å². The van der Waals surface area contributed by atoms with Crippen LogP contribution in [0.4, 0.5) is 8.78 Å². The molecule has 5 rings (SSSR count). The van der Waals surface area contributed by atoms with E-state index in [0.717, 1.165) is 37.8 Å². The van der Waals surface area contributed by atoms with Crippen LogP contribution >= 0.6 is 15.9 Å². The van der Waals surface area contributed by atoms with Crippen LogP contribution in [0.3, 0.4) is 0 Å². The lowest BCUT2D eigenvalue weighted by Crippen LogP contribution is -2.00. The molecule has 33 heavy (non-hydrogen) atoms. The number of hydrogen-bond acceptors (Lipinski definition) is 3. The van der Waals surface area contributed by atoms with Gasteiger partial charge in [0.15, 0.2) is 5.58 Å². The van der Waals surface area contributed by atoms with Crippen LogP contribution in [0.5, 0.6) is 0 Å². The summed E-state index contributed by atoms with van der Waals surface area (Å²) in [6, 6.07) is 25.5. The first-order valence-electron chi connectivity index (χ1n) is 10.3. The largest absolute Gasteiger partial charge is 0.356 e. The van der Waals surface area contributed by atoms with Gasteiger partial charge >= 0.3 is 0 Å². The molecule has 0 bridgehead atoms. The quantitative estimate of drug-likeness (QED) is 0.230. The number of fused-ring (bicyclic) bond motifs is 1. The SMILES string of the molecule is Fc1ccc(C(/N=C/c2ccccc2-c2noc3cc(Br)ccc23)c2ccc(F)cc2)cc1. The average molecular weight is 503 g/mol. The highest BCUT2D eigenvalue weighted by molar-refractivity contribution is 9.10. The first kappa shape index (κ1) is 21.2. The monoisotopic (exact) mass is 502 g/mol. The third-order valence-corrected chi connectivity index (χ3v) is 5.88. The number of benzene rings is 4. The van der Waals surface area contributed by atoms with E-state index < -0.39 is 6.04 Å². The Morgan fingerprint density at radius 1 is 0.818 bits per heavy atom. The van der Waals surface area contributed by atoms with Crippen molar-refractivity contribution in [3.63, 3.8) is 0 Å². The Kier molecular flexibility index (Phi) is 5.84. The van der Waals surface area contributed by atoms with E-state index in [0.29, 0.717) is 5.58 Å². The number of halogens is 3. The second kappa shape index (κ2) is 9.08. The molecule has 0 saturated carbocycles. The molecule has 1 aromatic heterocycles. The van der Waals surface area contributed by atoms with Crippen molar-refractivity contribution in [2.24, 2.45) is 4.99 Å². The smallest absolute Gasteiger partial charge is 0.168 e. The van der Waals surface area contributed by atoms with Crippen LogP contribution in [0.1, 0.15) is 22.7 Å². The molecule has 6 heteroatoms. The van der Waals surface area contributed by atoms with Crippen LogP contribution < -0.4 is 0 Å². The van der Waals surface area contributed by atoms with Gasteiger partial charge in [0.2, 0.25) is 0 Å². The normalized spacial score (nSPS) is 11.6. The minimum absolute atomic E-state index is 0.324. The van der Waals surface area contributed by atoms with E-state index >= 15 is 0 Å². The Balaban J connectivity index is 1.57. The van der Waals surface area contributed by atoms with Gasteiger partial charge in [-0.25, -0.2) is 8.78 Å². The molecule has 0 radical (unpaired) electrons. The van der Waals surface area contributed by atoms with E-state index in [1.807, 2.05) is 42.5 Å². The minimum atomic E-state index is -0.427. The van der Waals surface area contributed by atoms with Crippen LogP contribution in [0.2, 0.25) is 0 Å². The van der Waals surface area contributed by atoms with Crippen molar-refractivity contribution in [2.75, 3.05) is 0 Å². The molecule has 4 aromatic carbocycles. The Morgan fingerprint density at radius 2 is 1.45 bits per heavy atom. The summed E-state index contributed by atoms with van der Waals surface area (Å²) < 4.78 is 33.5. The molecule has 0 atom stereocenters. The van der Waals surface area contributed by atoms with Gasteiger partial charge in [0, 0.05) is 27.2 Å². The van der Waals surface area contributed by atoms with Crippen molar-refractivity contribution < 1.29 is 13.3 Å². The Bertz CT molecular complexity index is 1400. The third kappa shape index (κ3) is 4.47. The van der Waals surface area contributed by atoms with Crippen molar-refractivity contribution in [3.05, 3.63) is 124 Å². The van der Waals surface area contributed by atoms with E-state index in [4.69, 9.17) is 9.52 Å². The molecule has 0 aliphatic rings. The lowest BCUT2D eigenvalue weighted by molar-refractivity contribution is 0.459. The van der Waals surface area contributed by atoms with Crippen molar-refractivity contribution in [2.45, 2.75) is 6.04 Å². The number of aliphatic imine (C=N–C) groups is 1. The summed E-state index contributed by atoms with van der Waals surface area (Å²) in [7, 11) is 0. The fourth-order valence-corrected chi connectivity index (χ4v) is 4.08. The van der Waals surface area contributed by atoms with E-state index in [9.17, 15) is 8.78 Å². The summed E-state index contributed by atoms with van der Waals surface area (Å²) in [5.41, 5.74) is 4.73. The fourth-order valence-electron chi connectivity index (χ4n) is 3.74. The van der Waals surface area contributed by atoms with E-state index in [1.54, 1.807) is 30.5 Å². The highest BCUT2D eigenvalue weighted by Crippen LogP contribution is 2.32. The van der Waals surface area contributed by atoms with Crippen molar-refractivity contribution in [3.8, 4) is 11.3 Å². The van der Waals surface area contributed by atoms with Gasteiger partial charge in [-0.1, -0.05) is 69.6 Å². The summed E-state index contributed by atoms with van der Waals surface area (Å²) in [6.07, 6.45) is 1.77. The molecule has 3 nitrogen and oxygen atoms in total. The molecule has 0 aliphatic heterocycles. The number of hydrogen-bond donors (Lipinski definition) is 0. The molecule has 0 N–H and O–H groups in total. The Labute approximate surface area is 197 Å². The van der Waals surface area contributed by atoms with Gasteiger partial charge in [0.1, 0.15) is 17.3 Å². The molecule has 0 saturated heterocycles. The molecular formula is C27H17BrF2N2O. The van der Waals surface area contributed by atoms with Crippen LogP contribution in [-0.2, 0) is 0 Å². The second-order valence-corrected chi connectivity index (χ2v) is 8.46. The predicted molar refractivity (Wildman–Crippen MR) is 129 cm³/mol. The van der Waals surface area contributed by atoms with Crippen LogP contribution in [-0.4, -0.2) is 11.4 Å². The van der Waals surface area contributed by atoms with Crippen LogP contribution in [0.25, 0.3) is 22.2 Å². The van der Waals surface area contributed by atoms with Gasteiger partial charge < -0.3 is 4.52 Å². The van der Waals surface area contributed by atoms with Gasteiger partial charge in [-0.05, 0) is 53.6 Å². The van der Waals surface area contributed by atoms with E-state index in [-0.39, 0.29) is 11.6 Å². The number of rotatable bonds is 5. The molecular weight excluding hydrogens is 486 g/mol. The third-order valence-electron chi connectivity index (χ3n) is 5.38. The van der Waals surface area contributed by atoms with Gasteiger partial charge in [-0.15, -0.1) is 0 Å². The standard InChI is InChI=1S/C27H17BrF2N2O/c28-20-9-14-24-25(15-20)33-32-27(24)23-4-2-1-3-19(23)16-31-26(17-5-10-21(29)11-6-17)18-7-12-22(30)13-8-18/h1-16,26H/b31-16+. The van der Waals surface area contributed by atoms with Gasteiger partial charge in [-0.2, -0.15) is 0 Å². The lowest BCUT2D eigenvalue weighted by Gasteiger charge is -2.14. The molecule has 0 fully saturated rings. The highest BCUT2D eigenvalue weighted by Gasteiger charge is 2.16. The average Bonchev–Trinajstić information content (AvgIpc) is 3.24.